The number of hydrogen-bond acceptors (Lipinski definition) is 4. The Morgan fingerprint density at radius 1 is 1.36 bits per heavy atom. The van der Waals surface area contributed by atoms with Crippen molar-refractivity contribution in [1.29, 1.82) is 0 Å². The summed E-state index contributed by atoms with van der Waals surface area (Å²) in [4.78, 5) is 10.7. The Balaban J connectivity index is 2.83. The molecule has 0 spiro atoms. The lowest BCUT2D eigenvalue weighted by atomic mass is 10.2. The van der Waals surface area contributed by atoms with E-state index in [9.17, 15) is 4.79 Å². The lowest BCUT2D eigenvalue weighted by molar-refractivity contribution is -0.134. The summed E-state index contributed by atoms with van der Waals surface area (Å²) in [6.45, 7) is 0. The number of methoxy groups -OCH3 is 1. The molecule has 2 N–H and O–H groups in total. The van der Waals surface area contributed by atoms with Gasteiger partial charge in [-0.2, -0.15) is 0 Å². The smallest absolute Gasteiger partial charge is 0.330 e. The van der Waals surface area contributed by atoms with Gasteiger partial charge in [0.1, 0.15) is 0 Å². The second kappa shape index (κ2) is 4.32. The third-order valence-electron chi connectivity index (χ3n) is 1.61. The third-order valence-corrected chi connectivity index (χ3v) is 1.61. The highest BCUT2D eigenvalue weighted by Gasteiger charge is 1.98. The standard InChI is InChI=1S/C10H10O4/c1-14-10(13)5-3-7-2-4-8(11)9(12)6-7/h2-6,11-12H,1H3/b5-3-. The monoisotopic (exact) mass is 194 g/mol. The fourth-order valence-electron chi connectivity index (χ4n) is 0.876. The molecule has 0 aromatic heterocycles. The molecule has 1 aromatic carbocycles. The number of rotatable bonds is 2. The molecule has 1 rings (SSSR count). The molecule has 1 aromatic rings. The van der Waals surface area contributed by atoms with Crippen molar-refractivity contribution in [2.45, 2.75) is 0 Å². The van der Waals surface area contributed by atoms with Gasteiger partial charge in [0, 0.05) is 6.08 Å². The molecular weight excluding hydrogens is 184 g/mol. The fourth-order valence-corrected chi connectivity index (χ4v) is 0.876. The first-order valence-corrected chi connectivity index (χ1v) is 3.91. The van der Waals surface area contributed by atoms with Gasteiger partial charge in [0.2, 0.25) is 0 Å². The van der Waals surface area contributed by atoms with Crippen LogP contribution in [-0.4, -0.2) is 23.3 Å². The Morgan fingerprint density at radius 2 is 2.07 bits per heavy atom. The van der Waals surface area contributed by atoms with Crippen LogP contribution in [0.3, 0.4) is 0 Å². The summed E-state index contributed by atoms with van der Waals surface area (Å²) < 4.78 is 4.39. The van der Waals surface area contributed by atoms with Crippen molar-refractivity contribution < 1.29 is 19.7 Å². The molecule has 0 unspecified atom stereocenters. The van der Waals surface area contributed by atoms with Crippen LogP contribution in [-0.2, 0) is 9.53 Å². The summed E-state index contributed by atoms with van der Waals surface area (Å²) in [6.07, 6.45) is 2.71. The molecule has 0 bridgehead atoms. The number of hydrogen-bond donors (Lipinski definition) is 2. The maximum absolute atomic E-state index is 10.7. The lowest BCUT2D eigenvalue weighted by Gasteiger charge is -1.98. The quantitative estimate of drug-likeness (QED) is 0.423. The molecule has 4 nitrogen and oxygen atoms in total. The summed E-state index contributed by atoms with van der Waals surface area (Å²) in [5.41, 5.74) is 0.603. The average molecular weight is 194 g/mol. The largest absolute Gasteiger partial charge is 0.504 e. The van der Waals surface area contributed by atoms with Gasteiger partial charge >= 0.3 is 5.97 Å². The number of phenols is 2. The number of phenolic OH excluding ortho intramolecular Hbond substituents is 2. The van der Waals surface area contributed by atoms with Crippen molar-refractivity contribution in [1.82, 2.24) is 0 Å². The third kappa shape index (κ3) is 2.52. The number of benzene rings is 1. The van der Waals surface area contributed by atoms with Gasteiger partial charge < -0.3 is 14.9 Å². The molecular formula is C10H10O4. The molecule has 0 saturated carbocycles. The van der Waals surface area contributed by atoms with Crippen LogP contribution in [0.15, 0.2) is 24.3 Å². The zero-order valence-corrected chi connectivity index (χ0v) is 7.60. The van der Waals surface area contributed by atoms with Crippen molar-refractivity contribution >= 4 is 12.0 Å². The van der Waals surface area contributed by atoms with Crippen LogP contribution in [0.1, 0.15) is 5.56 Å². The molecule has 0 atom stereocenters. The second-order valence-electron chi connectivity index (χ2n) is 2.60. The number of carbonyl (C=O) groups excluding carboxylic acids is 1. The minimum Gasteiger partial charge on any atom is -0.504 e. The lowest BCUT2D eigenvalue weighted by Crippen LogP contribution is -1.93. The van der Waals surface area contributed by atoms with E-state index in [4.69, 9.17) is 10.2 Å². The average Bonchev–Trinajstić information content (AvgIpc) is 2.19. The van der Waals surface area contributed by atoms with Crippen molar-refractivity contribution in [3.05, 3.63) is 29.8 Å². The number of aromatic hydroxyl groups is 2. The first-order chi connectivity index (χ1) is 6.63. The predicted molar refractivity (Wildman–Crippen MR) is 50.8 cm³/mol. The summed E-state index contributed by atoms with van der Waals surface area (Å²) >= 11 is 0. The van der Waals surface area contributed by atoms with Gasteiger partial charge in [-0.05, 0) is 23.8 Å². The molecule has 14 heavy (non-hydrogen) atoms. The summed E-state index contributed by atoms with van der Waals surface area (Å²) in [6, 6.07) is 4.25. The van der Waals surface area contributed by atoms with Gasteiger partial charge in [-0.15, -0.1) is 0 Å². The fraction of sp³-hybridized carbons (Fsp3) is 0.100. The van der Waals surface area contributed by atoms with E-state index in [0.29, 0.717) is 5.56 Å². The molecule has 0 aliphatic rings. The first-order valence-electron chi connectivity index (χ1n) is 3.91. The van der Waals surface area contributed by atoms with E-state index in [1.54, 1.807) is 6.07 Å². The van der Waals surface area contributed by atoms with E-state index in [-0.39, 0.29) is 11.5 Å². The summed E-state index contributed by atoms with van der Waals surface area (Å²) in [5.74, 6) is -0.894. The maximum Gasteiger partial charge on any atom is 0.330 e. The Labute approximate surface area is 81.1 Å². The van der Waals surface area contributed by atoms with Gasteiger partial charge in [-0.25, -0.2) is 4.79 Å². The molecule has 0 saturated heterocycles. The highest BCUT2D eigenvalue weighted by molar-refractivity contribution is 5.87. The van der Waals surface area contributed by atoms with Gasteiger partial charge in [-0.1, -0.05) is 6.07 Å². The van der Waals surface area contributed by atoms with Gasteiger partial charge in [0.15, 0.2) is 11.5 Å². The topological polar surface area (TPSA) is 66.8 Å². The van der Waals surface area contributed by atoms with Gasteiger partial charge in [0.05, 0.1) is 7.11 Å². The van der Waals surface area contributed by atoms with E-state index in [1.807, 2.05) is 0 Å². The van der Waals surface area contributed by atoms with Crippen LogP contribution in [0.4, 0.5) is 0 Å². The normalized spacial score (nSPS) is 10.4. The Kier molecular flexibility index (Phi) is 3.12. The van der Waals surface area contributed by atoms with Gasteiger partial charge in [-0.3, -0.25) is 0 Å². The van der Waals surface area contributed by atoms with Gasteiger partial charge in [0.25, 0.3) is 0 Å². The molecule has 0 aliphatic carbocycles. The van der Waals surface area contributed by atoms with Crippen LogP contribution >= 0.6 is 0 Å². The Bertz CT molecular complexity index is 368. The molecule has 0 aliphatic heterocycles. The van der Waals surface area contributed by atoms with E-state index >= 15 is 0 Å². The van der Waals surface area contributed by atoms with Crippen molar-refractivity contribution in [2.75, 3.05) is 7.11 Å². The van der Waals surface area contributed by atoms with Crippen LogP contribution in [0.2, 0.25) is 0 Å². The zero-order chi connectivity index (χ0) is 10.6. The molecule has 0 radical (unpaired) electrons. The Hall–Kier alpha value is -1.97. The minimum absolute atomic E-state index is 0.194. The molecule has 0 amide bonds. The summed E-state index contributed by atoms with van der Waals surface area (Å²) in [7, 11) is 1.28. The maximum atomic E-state index is 10.7. The van der Waals surface area contributed by atoms with Crippen LogP contribution in [0, 0.1) is 0 Å². The highest BCUT2D eigenvalue weighted by Crippen LogP contribution is 2.25. The molecule has 4 heteroatoms. The number of esters is 1. The molecule has 0 fully saturated rings. The highest BCUT2D eigenvalue weighted by atomic mass is 16.5. The Morgan fingerprint density at radius 3 is 2.64 bits per heavy atom. The number of carbonyl (C=O) groups is 1. The van der Waals surface area contributed by atoms with Crippen molar-refractivity contribution in [3.8, 4) is 11.5 Å². The van der Waals surface area contributed by atoms with Crippen molar-refractivity contribution in [2.24, 2.45) is 0 Å². The summed E-state index contributed by atoms with van der Waals surface area (Å²) in [5, 5.41) is 18.1. The van der Waals surface area contributed by atoms with Crippen molar-refractivity contribution in [3.63, 3.8) is 0 Å². The van der Waals surface area contributed by atoms with Crippen LogP contribution < -0.4 is 0 Å². The first kappa shape index (κ1) is 10.1. The predicted octanol–water partition coefficient (Wildman–Crippen LogP) is 1.28. The van der Waals surface area contributed by atoms with Crippen LogP contribution in [0.25, 0.3) is 6.08 Å². The van der Waals surface area contributed by atoms with E-state index in [2.05, 4.69) is 4.74 Å². The van der Waals surface area contributed by atoms with E-state index in [0.717, 1.165) is 0 Å². The minimum atomic E-state index is -0.474. The van der Waals surface area contributed by atoms with Crippen LogP contribution in [0.5, 0.6) is 11.5 Å². The zero-order valence-electron chi connectivity index (χ0n) is 7.60. The number of ether oxygens (including phenoxy) is 1. The SMILES string of the molecule is COC(=O)/C=C\c1ccc(O)c(O)c1. The van der Waals surface area contributed by atoms with E-state index < -0.39 is 5.97 Å². The second-order valence-corrected chi connectivity index (χ2v) is 2.60. The van der Waals surface area contributed by atoms with E-state index in [1.165, 1.54) is 31.4 Å². The molecule has 0 heterocycles. The molecule has 74 valence electrons.